The van der Waals surface area contributed by atoms with Crippen molar-refractivity contribution in [2.45, 2.75) is 6.18 Å². The first-order valence-corrected chi connectivity index (χ1v) is 8.97. The molecule has 0 unspecified atom stereocenters. The molecule has 3 heterocycles. The van der Waals surface area contributed by atoms with Crippen LogP contribution in [0.15, 0.2) is 65.7 Å². The molecule has 0 aliphatic heterocycles. The first kappa shape index (κ1) is 20.3. The van der Waals surface area contributed by atoms with E-state index in [2.05, 4.69) is 25.6 Å². The van der Waals surface area contributed by atoms with E-state index < -0.39 is 18.5 Å². The van der Waals surface area contributed by atoms with Crippen molar-refractivity contribution < 1.29 is 17.6 Å². The Balaban J connectivity index is 1.79. The van der Waals surface area contributed by atoms with Gasteiger partial charge in [0, 0.05) is 29.6 Å². The van der Waals surface area contributed by atoms with Crippen molar-refractivity contribution in [1.82, 2.24) is 25.0 Å². The van der Waals surface area contributed by atoms with Crippen LogP contribution in [0.4, 0.5) is 23.4 Å². The van der Waals surface area contributed by atoms with Crippen LogP contribution in [0, 0.1) is 5.82 Å². The van der Waals surface area contributed by atoms with E-state index in [1.54, 1.807) is 12.3 Å². The number of benzene rings is 1. The van der Waals surface area contributed by atoms with Crippen LogP contribution in [0.2, 0.25) is 0 Å². The Labute approximate surface area is 172 Å². The predicted octanol–water partition coefficient (Wildman–Crippen LogP) is 3.80. The summed E-state index contributed by atoms with van der Waals surface area (Å²) in [5.41, 5.74) is 1.73. The van der Waals surface area contributed by atoms with Crippen molar-refractivity contribution >= 4 is 5.82 Å². The second-order valence-electron chi connectivity index (χ2n) is 6.52. The number of nitrogens with zero attached hydrogens (tertiary/aromatic N) is 4. The van der Waals surface area contributed by atoms with Crippen LogP contribution in [0.3, 0.4) is 0 Å². The van der Waals surface area contributed by atoms with E-state index in [0.29, 0.717) is 28.2 Å². The summed E-state index contributed by atoms with van der Waals surface area (Å²) < 4.78 is 52.4. The van der Waals surface area contributed by atoms with Crippen LogP contribution in [-0.2, 0) is 0 Å². The van der Waals surface area contributed by atoms with Crippen molar-refractivity contribution in [1.29, 1.82) is 0 Å². The van der Waals surface area contributed by atoms with E-state index >= 15 is 0 Å². The van der Waals surface area contributed by atoms with Crippen molar-refractivity contribution in [2.24, 2.45) is 0 Å². The number of hydrogen-bond donors (Lipinski definition) is 2. The Bertz CT molecular complexity index is 1240. The normalized spacial score (nSPS) is 11.5. The monoisotopic (exact) mass is 430 g/mol. The van der Waals surface area contributed by atoms with Crippen molar-refractivity contribution in [3.05, 3.63) is 77.1 Å². The van der Waals surface area contributed by atoms with Gasteiger partial charge in [-0.3, -0.25) is 4.79 Å². The number of rotatable bonds is 5. The highest BCUT2D eigenvalue weighted by Gasteiger charge is 2.27. The molecule has 31 heavy (non-hydrogen) atoms. The molecule has 7 nitrogen and oxygen atoms in total. The van der Waals surface area contributed by atoms with Gasteiger partial charge in [0.15, 0.2) is 5.82 Å². The van der Waals surface area contributed by atoms with E-state index in [1.165, 1.54) is 53.3 Å². The van der Waals surface area contributed by atoms with Gasteiger partial charge in [-0.05, 0) is 48.0 Å². The van der Waals surface area contributed by atoms with Crippen molar-refractivity contribution in [3.63, 3.8) is 0 Å². The van der Waals surface area contributed by atoms with Crippen LogP contribution >= 0.6 is 0 Å². The molecule has 158 valence electrons. The third-order valence-corrected chi connectivity index (χ3v) is 4.27. The number of aromatic amines is 1. The molecule has 0 spiro atoms. The molecule has 0 atom stereocenters. The Kier molecular flexibility index (Phi) is 5.24. The average Bonchev–Trinajstić information content (AvgIpc) is 3.18. The van der Waals surface area contributed by atoms with Gasteiger partial charge in [0.2, 0.25) is 0 Å². The van der Waals surface area contributed by atoms with Crippen LogP contribution in [0.1, 0.15) is 0 Å². The molecule has 0 aliphatic rings. The number of pyridine rings is 1. The number of H-pyrrole nitrogens is 1. The van der Waals surface area contributed by atoms with Gasteiger partial charge in [0.1, 0.15) is 23.9 Å². The molecule has 2 N–H and O–H groups in total. The lowest BCUT2D eigenvalue weighted by molar-refractivity contribution is -0.115. The van der Waals surface area contributed by atoms with Gasteiger partial charge in [-0.25, -0.2) is 19.2 Å². The molecule has 1 aromatic carbocycles. The molecule has 4 rings (SSSR count). The second kappa shape index (κ2) is 8.01. The minimum absolute atomic E-state index is 0.0368. The van der Waals surface area contributed by atoms with E-state index in [-0.39, 0.29) is 11.4 Å². The van der Waals surface area contributed by atoms with Crippen LogP contribution in [-0.4, -0.2) is 37.7 Å². The summed E-state index contributed by atoms with van der Waals surface area (Å²) in [6.07, 6.45) is -1.40. The fourth-order valence-corrected chi connectivity index (χ4v) is 2.87. The Hall–Kier alpha value is -4.02. The van der Waals surface area contributed by atoms with Gasteiger partial charge < -0.3 is 5.32 Å². The number of nitrogens with one attached hydrogen (secondary N) is 2. The molecular formula is C20H14F4N6O. The molecule has 4 aromatic rings. The highest BCUT2D eigenvalue weighted by molar-refractivity contribution is 5.81. The lowest BCUT2D eigenvalue weighted by Crippen LogP contribution is -2.21. The maximum absolute atomic E-state index is 13.4. The van der Waals surface area contributed by atoms with Crippen LogP contribution < -0.4 is 10.9 Å². The predicted molar refractivity (Wildman–Crippen MR) is 105 cm³/mol. The van der Waals surface area contributed by atoms with Crippen molar-refractivity contribution in [2.75, 3.05) is 11.9 Å². The first-order valence-electron chi connectivity index (χ1n) is 8.97. The van der Waals surface area contributed by atoms with E-state index in [0.717, 1.165) is 0 Å². The zero-order valence-electron chi connectivity index (χ0n) is 15.7. The van der Waals surface area contributed by atoms with Gasteiger partial charge in [-0.15, -0.1) is 0 Å². The molecule has 0 radical (unpaired) electrons. The van der Waals surface area contributed by atoms with Gasteiger partial charge in [0.05, 0.1) is 0 Å². The molecule has 0 fully saturated rings. The number of aromatic nitrogens is 5. The summed E-state index contributed by atoms with van der Waals surface area (Å²) >= 11 is 0. The number of alkyl halides is 3. The van der Waals surface area contributed by atoms with Crippen LogP contribution in [0.25, 0.3) is 28.2 Å². The SMILES string of the molecule is O=c1ccc(-n2cc(-c3ccnc(NCC(F)(F)F)c3)c(-c3ccc(F)cc3)n2)n[nH]1. The highest BCUT2D eigenvalue weighted by atomic mass is 19.4. The quantitative estimate of drug-likeness (QED) is 0.471. The summed E-state index contributed by atoms with van der Waals surface area (Å²) in [7, 11) is 0. The van der Waals surface area contributed by atoms with E-state index in [1.807, 2.05) is 0 Å². The van der Waals surface area contributed by atoms with Gasteiger partial charge in [-0.2, -0.15) is 23.4 Å². The summed E-state index contributed by atoms with van der Waals surface area (Å²) in [6.45, 7) is -1.23. The number of anilines is 1. The van der Waals surface area contributed by atoms with Gasteiger partial charge >= 0.3 is 6.18 Å². The maximum atomic E-state index is 13.4. The molecule has 0 bridgehead atoms. The fourth-order valence-electron chi connectivity index (χ4n) is 2.87. The first-order chi connectivity index (χ1) is 14.8. The smallest absolute Gasteiger partial charge is 0.361 e. The van der Waals surface area contributed by atoms with E-state index in [9.17, 15) is 22.4 Å². The molecule has 11 heteroatoms. The van der Waals surface area contributed by atoms with Crippen molar-refractivity contribution in [3.8, 4) is 28.2 Å². The minimum atomic E-state index is -4.39. The molecular weight excluding hydrogens is 416 g/mol. The minimum Gasteiger partial charge on any atom is -0.361 e. The third-order valence-electron chi connectivity index (χ3n) is 4.27. The fraction of sp³-hybridized carbons (Fsp3) is 0.100. The molecule has 0 saturated carbocycles. The lowest BCUT2D eigenvalue weighted by atomic mass is 10.0. The maximum Gasteiger partial charge on any atom is 0.405 e. The second-order valence-corrected chi connectivity index (χ2v) is 6.52. The number of halogens is 4. The lowest BCUT2D eigenvalue weighted by Gasteiger charge is -2.10. The molecule has 0 aliphatic carbocycles. The third kappa shape index (κ3) is 4.77. The van der Waals surface area contributed by atoms with Crippen LogP contribution in [0.5, 0.6) is 0 Å². The Morgan fingerprint density at radius 3 is 2.48 bits per heavy atom. The highest BCUT2D eigenvalue weighted by Crippen LogP contribution is 2.32. The average molecular weight is 430 g/mol. The number of hydrogen-bond acceptors (Lipinski definition) is 5. The summed E-state index contributed by atoms with van der Waals surface area (Å²) in [5.74, 6) is -0.0666. The van der Waals surface area contributed by atoms with E-state index in [4.69, 9.17) is 0 Å². The molecule has 3 aromatic heterocycles. The topological polar surface area (TPSA) is 88.5 Å². The summed E-state index contributed by atoms with van der Waals surface area (Å²) in [6, 6.07) is 11.5. The zero-order valence-corrected chi connectivity index (χ0v) is 15.7. The largest absolute Gasteiger partial charge is 0.405 e. The summed E-state index contributed by atoms with van der Waals surface area (Å²) in [4.78, 5) is 15.2. The van der Waals surface area contributed by atoms with Gasteiger partial charge in [0.25, 0.3) is 5.56 Å². The van der Waals surface area contributed by atoms with Gasteiger partial charge in [-0.1, -0.05) is 0 Å². The molecule has 0 amide bonds. The standard InChI is InChI=1S/C20H14F4N6O/c21-14-3-1-12(2-4-14)19-15(10-30(29-19)17-5-6-18(31)28-27-17)13-7-8-25-16(9-13)26-11-20(22,23)24/h1-10H,11H2,(H,25,26)(H,28,31). The Morgan fingerprint density at radius 1 is 1.03 bits per heavy atom. The summed E-state index contributed by atoms with van der Waals surface area (Å²) in [5, 5.41) is 13.0. The Morgan fingerprint density at radius 2 is 1.81 bits per heavy atom. The zero-order chi connectivity index (χ0) is 22.0. The molecule has 0 saturated heterocycles.